The van der Waals surface area contributed by atoms with Gasteiger partial charge in [-0.2, -0.15) is 0 Å². The maximum Gasteiger partial charge on any atom is 0.253 e. The molecule has 28 heavy (non-hydrogen) atoms. The van der Waals surface area contributed by atoms with Crippen LogP contribution in [0.3, 0.4) is 0 Å². The Morgan fingerprint density at radius 3 is 2.61 bits per heavy atom. The third-order valence-electron chi connectivity index (χ3n) is 5.77. The highest BCUT2D eigenvalue weighted by atomic mass is 16.2. The molecule has 4 rings (SSSR count). The van der Waals surface area contributed by atoms with Crippen LogP contribution >= 0.6 is 0 Å². The van der Waals surface area contributed by atoms with Crippen molar-refractivity contribution in [2.75, 3.05) is 19.6 Å². The monoisotopic (exact) mass is 383 g/mol. The Bertz CT molecular complexity index is 883. The Morgan fingerprint density at radius 1 is 1.04 bits per heavy atom. The average molecular weight is 383 g/mol. The molecule has 150 valence electrons. The van der Waals surface area contributed by atoms with Crippen LogP contribution < -0.4 is 5.32 Å². The van der Waals surface area contributed by atoms with Gasteiger partial charge in [-0.05, 0) is 45.1 Å². The van der Waals surface area contributed by atoms with Crippen molar-refractivity contribution in [1.29, 1.82) is 0 Å². The zero-order valence-corrected chi connectivity index (χ0v) is 16.7. The second-order valence-electron chi connectivity index (χ2n) is 7.92. The topological polar surface area (TPSA) is 80.1 Å². The van der Waals surface area contributed by atoms with E-state index in [0.29, 0.717) is 24.0 Å². The molecular weight excluding hydrogens is 354 g/mol. The van der Waals surface area contributed by atoms with E-state index in [1.807, 2.05) is 11.8 Å². The first-order chi connectivity index (χ1) is 13.6. The lowest BCUT2D eigenvalue weighted by Gasteiger charge is -2.26. The van der Waals surface area contributed by atoms with E-state index in [2.05, 4.69) is 14.9 Å². The summed E-state index contributed by atoms with van der Waals surface area (Å²) in [5.41, 5.74) is 2.87. The maximum absolute atomic E-state index is 12.8. The smallest absolute Gasteiger partial charge is 0.253 e. The Morgan fingerprint density at radius 2 is 1.79 bits per heavy atom. The van der Waals surface area contributed by atoms with Crippen LogP contribution in [0.5, 0.6) is 0 Å². The van der Waals surface area contributed by atoms with Crippen LogP contribution in [0.1, 0.15) is 66.8 Å². The van der Waals surface area contributed by atoms with Crippen molar-refractivity contribution in [3.63, 3.8) is 0 Å². The molecule has 1 saturated heterocycles. The number of piperidine rings is 1. The Kier molecular flexibility index (Phi) is 5.59. The van der Waals surface area contributed by atoms with Gasteiger partial charge in [0.05, 0.1) is 5.56 Å². The number of fused-ring (bicyclic) bond motifs is 3. The van der Waals surface area contributed by atoms with Crippen molar-refractivity contribution >= 4 is 23.0 Å². The van der Waals surface area contributed by atoms with Gasteiger partial charge in [0.2, 0.25) is 5.91 Å². The van der Waals surface area contributed by atoms with Gasteiger partial charge in [0, 0.05) is 44.7 Å². The number of nitrogens with one attached hydrogen (secondary N) is 1. The summed E-state index contributed by atoms with van der Waals surface area (Å²) < 4.78 is 2.17. The molecule has 0 aromatic carbocycles. The van der Waals surface area contributed by atoms with Crippen LogP contribution in [-0.2, 0) is 17.8 Å². The number of aromatic nitrogens is 3. The highest BCUT2D eigenvalue weighted by molar-refractivity contribution is 6.04. The number of carbonyl (C=O) groups is 2. The second-order valence-corrected chi connectivity index (χ2v) is 7.92. The van der Waals surface area contributed by atoms with Crippen molar-refractivity contribution in [2.24, 2.45) is 0 Å². The molecule has 1 fully saturated rings. The van der Waals surface area contributed by atoms with Crippen molar-refractivity contribution in [2.45, 2.75) is 64.8 Å². The molecule has 2 aromatic rings. The second kappa shape index (κ2) is 8.29. The lowest BCUT2D eigenvalue weighted by atomic mass is 10.1. The third kappa shape index (κ3) is 3.88. The van der Waals surface area contributed by atoms with Gasteiger partial charge in [0.25, 0.3) is 5.91 Å². The van der Waals surface area contributed by atoms with Crippen LogP contribution in [0.15, 0.2) is 6.07 Å². The minimum Gasteiger partial charge on any atom is -0.351 e. The van der Waals surface area contributed by atoms with Crippen LogP contribution in [0, 0.1) is 6.92 Å². The van der Waals surface area contributed by atoms with Gasteiger partial charge in [-0.15, -0.1) is 0 Å². The number of aryl methyl sites for hydroxylation is 3. The Hall–Kier alpha value is -2.44. The Balaban J connectivity index is 1.47. The number of rotatable bonds is 4. The fourth-order valence-electron chi connectivity index (χ4n) is 4.27. The molecular formula is C21H29N5O2. The van der Waals surface area contributed by atoms with Crippen LogP contribution in [-0.4, -0.2) is 50.9 Å². The number of likely N-dealkylation sites (tertiary alicyclic amines) is 1. The SMILES string of the molecule is Cc1cc(C(=O)NCCC(=O)N2CCCCC2)c2nc3n(c2n1)CCCCC3. The number of imidazole rings is 1. The lowest BCUT2D eigenvalue weighted by molar-refractivity contribution is -0.131. The molecule has 2 amide bonds. The van der Waals surface area contributed by atoms with Crippen molar-refractivity contribution in [3.05, 3.63) is 23.1 Å². The molecule has 0 unspecified atom stereocenters. The zero-order valence-electron chi connectivity index (χ0n) is 16.7. The molecule has 0 aliphatic carbocycles. The van der Waals surface area contributed by atoms with E-state index in [1.54, 1.807) is 6.07 Å². The number of hydrogen-bond acceptors (Lipinski definition) is 4. The normalized spacial score (nSPS) is 17.2. The van der Waals surface area contributed by atoms with E-state index in [4.69, 9.17) is 4.98 Å². The molecule has 2 aliphatic rings. The first-order valence-corrected chi connectivity index (χ1v) is 10.6. The van der Waals surface area contributed by atoms with Crippen molar-refractivity contribution in [3.8, 4) is 0 Å². The molecule has 0 atom stereocenters. The van der Waals surface area contributed by atoms with E-state index in [9.17, 15) is 9.59 Å². The van der Waals surface area contributed by atoms with Gasteiger partial charge >= 0.3 is 0 Å². The van der Waals surface area contributed by atoms with E-state index in [0.717, 1.165) is 68.9 Å². The molecule has 0 radical (unpaired) electrons. The van der Waals surface area contributed by atoms with Crippen molar-refractivity contribution < 1.29 is 9.59 Å². The minimum atomic E-state index is -0.171. The fraction of sp³-hybridized carbons (Fsp3) is 0.619. The molecule has 2 aromatic heterocycles. The Labute approximate surface area is 165 Å². The average Bonchev–Trinajstić information content (AvgIpc) is 2.88. The van der Waals surface area contributed by atoms with Gasteiger partial charge in [-0.3, -0.25) is 9.59 Å². The molecule has 4 heterocycles. The number of amides is 2. The summed E-state index contributed by atoms with van der Waals surface area (Å²) in [6.07, 6.45) is 8.09. The summed E-state index contributed by atoms with van der Waals surface area (Å²) in [4.78, 5) is 36.5. The summed E-state index contributed by atoms with van der Waals surface area (Å²) in [5, 5.41) is 2.92. The summed E-state index contributed by atoms with van der Waals surface area (Å²) in [7, 11) is 0. The molecule has 7 nitrogen and oxygen atoms in total. The first kappa shape index (κ1) is 18.9. The van der Waals surface area contributed by atoms with E-state index in [1.165, 1.54) is 12.8 Å². The van der Waals surface area contributed by atoms with E-state index in [-0.39, 0.29) is 11.8 Å². The molecule has 0 saturated carbocycles. The van der Waals surface area contributed by atoms with Crippen LogP contribution in [0.25, 0.3) is 11.2 Å². The van der Waals surface area contributed by atoms with Gasteiger partial charge < -0.3 is 14.8 Å². The third-order valence-corrected chi connectivity index (χ3v) is 5.77. The molecule has 0 spiro atoms. The standard InChI is InChI=1S/C21H29N5O2/c1-15-14-16(19-20(23-15)26-13-7-2-4-8-17(26)24-19)21(28)22-10-9-18(27)25-11-5-3-6-12-25/h14H,2-13H2,1H3,(H,22,28). The minimum absolute atomic E-state index is 0.129. The fourth-order valence-corrected chi connectivity index (χ4v) is 4.27. The predicted molar refractivity (Wildman–Crippen MR) is 107 cm³/mol. The summed E-state index contributed by atoms with van der Waals surface area (Å²) in [6, 6.07) is 1.80. The van der Waals surface area contributed by atoms with Gasteiger partial charge in [-0.25, -0.2) is 9.97 Å². The van der Waals surface area contributed by atoms with Gasteiger partial charge in [0.15, 0.2) is 5.65 Å². The quantitative estimate of drug-likeness (QED) is 0.880. The molecule has 7 heteroatoms. The van der Waals surface area contributed by atoms with E-state index >= 15 is 0 Å². The summed E-state index contributed by atoms with van der Waals surface area (Å²) in [6.45, 7) is 4.86. The molecule has 0 bridgehead atoms. The molecule has 2 aliphatic heterocycles. The van der Waals surface area contributed by atoms with E-state index < -0.39 is 0 Å². The predicted octanol–water partition coefficient (Wildman–Crippen LogP) is 2.60. The molecule has 1 N–H and O–H groups in total. The highest BCUT2D eigenvalue weighted by Crippen LogP contribution is 2.24. The number of nitrogens with zero attached hydrogens (tertiary/aromatic N) is 4. The summed E-state index contributed by atoms with van der Waals surface area (Å²) >= 11 is 0. The zero-order chi connectivity index (χ0) is 19.5. The lowest BCUT2D eigenvalue weighted by Crippen LogP contribution is -2.37. The number of pyridine rings is 1. The van der Waals surface area contributed by atoms with Gasteiger partial charge in [0.1, 0.15) is 11.3 Å². The van der Waals surface area contributed by atoms with Crippen LogP contribution in [0.4, 0.5) is 0 Å². The largest absolute Gasteiger partial charge is 0.351 e. The number of carbonyl (C=O) groups excluding carboxylic acids is 2. The van der Waals surface area contributed by atoms with Crippen LogP contribution in [0.2, 0.25) is 0 Å². The van der Waals surface area contributed by atoms with Gasteiger partial charge in [-0.1, -0.05) is 6.42 Å². The number of hydrogen-bond donors (Lipinski definition) is 1. The maximum atomic E-state index is 12.8. The first-order valence-electron chi connectivity index (χ1n) is 10.6. The van der Waals surface area contributed by atoms with Crippen molar-refractivity contribution in [1.82, 2.24) is 24.8 Å². The highest BCUT2D eigenvalue weighted by Gasteiger charge is 2.21. The summed E-state index contributed by atoms with van der Waals surface area (Å²) in [5.74, 6) is 0.986.